The van der Waals surface area contributed by atoms with Gasteiger partial charge in [0.05, 0.1) is 13.2 Å². The summed E-state index contributed by atoms with van der Waals surface area (Å²) in [6.45, 7) is 4.69. The molecule has 1 fully saturated rings. The van der Waals surface area contributed by atoms with Gasteiger partial charge in [-0.25, -0.2) is 0 Å². The van der Waals surface area contributed by atoms with Crippen molar-refractivity contribution < 1.29 is 9.53 Å². The molecule has 1 aliphatic rings. The second kappa shape index (κ2) is 5.19. The number of likely N-dealkylation sites (tertiary alicyclic amines) is 1. The molecule has 0 aromatic heterocycles. The Morgan fingerprint density at radius 2 is 2.46 bits per heavy atom. The van der Waals surface area contributed by atoms with Crippen molar-refractivity contribution in [1.82, 2.24) is 10.2 Å². The van der Waals surface area contributed by atoms with Crippen LogP contribution in [0, 0.1) is 0 Å². The normalized spacial score (nSPS) is 23.4. The standard InChI is InChI=1S/C9H18N2O2/c1-3-13-9(12)7-11-5-4-8(6-11)10-2/h8,10H,3-7H2,1-2H3. The van der Waals surface area contributed by atoms with E-state index in [9.17, 15) is 4.79 Å². The zero-order valence-corrected chi connectivity index (χ0v) is 8.38. The summed E-state index contributed by atoms with van der Waals surface area (Å²) in [4.78, 5) is 13.2. The highest BCUT2D eigenvalue weighted by molar-refractivity contribution is 5.71. The molecule has 1 unspecified atom stereocenters. The molecule has 0 spiro atoms. The topological polar surface area (TPSA) is 41.6 Å². The average Bonchev–Trinajstić information content (AvgIpc) is 2.52. The first-order chi connectivity index (χ1) is 6.26. The second-order valence-corrected chi connectivity index (χ2v) is 3.31. The molecule has 1 heterocycles. The first-order valence-corrected chi connectivity index (χ1v) is 4.81. The lowest BCUT2D eigenvalue weighted by Crippen LogP contribution is -2.33. The highest BCUT2D eigenvalue weighted by Crippen LogP contribution is 2.07. The van der Waals surface area contributed by atoms with Crippen molar-refractivity contribution in [1.29, 1.82) is 0 Å². The smallest absolute Gasteiger partial charge is 0.320 e. The van der Waals surface area contributed by atoms with E-state index in [1.54, 1.807) is 0 Å². The van der Waals surface area contributed by atoms with Crippen molar-refractivity contribution in [3.63, 3.8) is 0 Å². The summed E-state index contributed by atoms with van der Waals surface area (Å²) in [5.41, 5.74) is 0. The molecule has 76 valence electrons. The molecule has 0 aliphatic carbocycles. The molecule has 4 heteroatoms. The molecule has 1 atom stereocenters. The third-order valence-electron chi connectivity index (χ3n) is 2.34. The lowest BCUT2D eigenvalue weighted by molar-refractivity contribution is -0.144. The monoisotopic (exact) mass is 186 g/mol. The summed E-state index contributed by atoms with van der Waals surface area (Å²) in [5.74, 6) is -0.112. The van der Waals surface area contributed by atoms with Gasteiger partial charge in [0.1, 0.15) is 0 Å². The van der Waals surface area contributed by atoms with Crippen LogP contribution < -0.4 is 5.32 Å². The zero-order chi connectivity index (χ0) is 9.68. The minimum absolute atomic E-state index is 0.112. The number of nitrogens with zero attached hydrogens (tertiary/aromatic N) is 1. The minimum Gasteiger partial charge on any atom is -0.465 e. The first kappa shape index (κ1) is 10.5. The summed E-state index contributed by atoms with van der Waals surface area (Å²) < 4.78 is 4.87. The predicted octanol–water partition coefficient (Wildman–Crippen LogP) is -0.157. The number of carbonyl (C=O) groups excluding carboxylic acids is 1. The molecule has 1 N–H and O–H groups in total. The molecular weight excluding hydrogens is 168 g/mol. The third-order valence-corrected chi connectivity index (χ3v) is 2.34. The van der Waals surface area contributed by atoms with Gasteiger partial charge in [-0.1, -0.05) is 0 Å². The Balaban J connectivity index is 2.19. The molecule has 1 aliphatic heterocycles. The fourth-order valence-electron chi connectivity index (χ4n) is 1.60. The van der Waals surface area contributed by atoms with E-state index in [2.05, 4.69) is 10.2 Å². The Morgan fingerprint density at radius 1 is 1.69 bits per heavy atom. The maximum atomic E-state index is 11.1. The molecule has 0 bridgehead atoms. The maximum absolute atomic E-state index is 11.1. The van der Waals surface area contributed by atoms with Crippen LogP contribution in [0.15, 0.2) is 0 Å². The van der Waals surface area contributed by atoms with Crippen LogP contribution in [-0.4, -0.2) is 50.2 Å². The van der Waals surface area contributed by atoms with Crippen LogP contribution in [0.2, 0.25) is 0 Å². The van der Waals surface area contributed by atoms with Crippen LogP contribution in [0.5, 0.6) is 0 Å². The number of ether oxygens (including phenoxy) is 1. The Labute approximate surface area is 79.2 Å². The number of nitrogens with one attached hydrogen (secondary N) is 1. The Bertz CT molecular complexity index is 173. The summed E-state index contributed by atoms with van der Waals surface area (Å²) >= 11 is 0. The predicted molar refractivity (Wildman–Crippen MR) is 50.5 cm³/mol. The quantitative estimate of drug-likeness (QED) is 0.620. The Morgan fingerprint density at radius 3 is 3.00 bits per heavy atom. The minimum atomic E-state index is -0.112. The van der Waals surface area contributed by atoms with Crippen molar-refractivity contribution in [3.05, 3.63) is 0 Å². The fourth-order valence-corrected chi connectivity index (χ4v) is 1.60. The molecule has 0 amide bonds. The van der Waals surface area contributed by atoms with Crippen LogP contribution in [0.4, 0.5) is 0 Å². The molecule has 4 nitrogen and oxygen atoms in total. The van der Waals surface area contributed by atoms with E-state index in [0.29, 0.717) is 19.2 Å². The molecule has 0 aromatic rings. The molecule has 0 aromatic carbocycles. The van der Waals surface area contributed by atoms with Crippen LogP contribution >= 0.6 is 0 Å². The Hall–Kier alpha value is -0.610. The molecule has 1 saturated heterocycles. The van der Waals surface area contributed by atoms with Crippen LogP contribution in [0.1, 0.15) is 13.3 Å². The van der Waals surface area contributed by atoms with Crippen LogP contribution in [0.25, 0.3) is 0 Å². The second-order valence-electron chi connectivity index (χ2n) is 3.31. The molecule has 0 radical (unpaired) electrons. The van der Waals surface area contributed by atoms with E-state index in [1.807, 2.05) is 14.0 Å². The van der Waals surface area contributed by atoms with E-state index in [-0.39, 0.29) is 5.97 Å². The van der Waals surface area contributed by atoms with Crippen molar-refractivity contribution in [2.24, 2.45) is 0 Å². The van der Waals surface area contributed by atoms with Gasteiger partial charge in [0, 0.05) is 19.1 Å². The van der Waals surface area contributed by atoms with E-state index < -0.39 is 0 Å². The molecule has 13 heavy (non-hydrogen) atoms. The summed E-state index contributed by atoms with van der Waals surface area (Å²) in [7, 11) is 1.96. The van der Waals surface area contributed by atoms with Crippen molar-refractivity contribution in [2.45, 2.75) is 19.4 Å². The van der Waals surface area contributed by atoms with Gasteiger partial charge in [0.25, 0.3) is 0 Å². The lowest BCUT2D eigenvalue weighted by atomic mass is 10.3. The lowest BCUT2D eigenvalue weighted by Gasteiger charge is -2.14. The van der Waals surface area contributed by atoms with Crippen LogP contribution in [0.3, 0.4) is 0 Å². The van der Waals surface area contributed by atoms with Crippen molar-refractivity contribution in [3.8, 4) is 0 Å². The highest BCUT2D eigenvalue weighted by Gasteiger charge is 2.22. The Kier molecular flexibility index (Phi) is 4.18. The average molecular weight is 186 g/mol. The third kappa shape index (κ3) is 3.32. The SMILES string of the molecule is CCOC(=O)CN1CCC(NC)C1. The number of likely N-dealkylation sites (N-methyl/N-ethyl adjacent to an activating group) is 1. The molecule has 0 saturated carbocycles. The highest BCUT2D eigenvalue weighted by atomic mass is 16.5. The number of hydrogen-bond donors (Lipinski definition) is 1. The number of hydrogen-bond acceptors (Lipinski definition) is 4. The zero-order valence-electron chi connectivity index (χ0n) is 8.38. The fraction of sp³-hybridized carbons (Fsp3) is 0.889. The van der Waals surface area contributed by atoms with Gasteiger partial charge in [-0.3, -0.25) is 9.69 Å². The van der Waals surface area contributed by atoms with Gasteiger partial charge in [-0.05, 0) is 20.4 Å². The number of esters is 1. The summed E-state index contributed by atoms with van der Waals surface area (Å²) in [5, 5.41) is 3.21. The van der Waals surface area contributed by atoms with Crippen molar-refractivity contribution >= 4 is 5.97 Å². The molecular formula is C9H18N2O2. The van der Waals surface area contributed by atoms with E-state index in [4.69, 9.17) is 4.74 Å². The van der Waals surface area contributed by atoms with Crippen molar-refractivity contribution in [2.75, 3.05) is 33.3 Å². The van der Waals surface area contributed by atoms with Crippen LogP contribution in [-0.2, 0) is 9.53 Å². The maximum Gasteiger partial charge on any atom is 0.320 e. The molecule has 1 rings (SSSR count). The van der Waals surface area contributed by atoms with Gasteiger partial charge >= 0.3 is 5.97 Å². The van der Waals surface area contributed by atoms with E-state index >= 15 is 0 Å². The van der Waals surface area contributed by atoms with Gasteiger partial charge in [0.15, 0.2) is 0 Å². The summed E-state index contributed by atoms with van der Waals surface area (Å²) in [6.07, 6.45) is 1.12. The number of carbonyl (C=O) groups is 1. The van der Waals surface area contributed by atoms with Gasteiger partial charge < -0.3 is 10.1 Å². The van der Waals surface area contributed by atoms with Gasteiger partial charge in [-0.15, -0.1) is 0 Å². The van der Waals surface area contributed by atoms with E-state index in [0.717, 1.165) is 19.5 Å². The summed E-state index contributed by atoms with van der Waals surface area (Å²) in [6, 6.07) is 0.537. The first-order valence-electron chi connectivity index (χ1n) is 4.81. The number of rotatable bonds is 4. The van der Waals surface area contributed by atoms with Gasteiger partial charge in [-0.2, -0.15) is 0 Å². The largest absolute Gasteiger partial charge is 0.465 e. The van der Waals surface area contributed by atoms with Gasteiger partial charge in [0.2, 0.25) is 0 Å². The van der Waals surface area contributed by atoms with E-state index in [1.165, 1.54) is 0 Å².